The molecule has 0 aliphatic carbocycles. The van der Waals surface area contributed by atoms with Crippen LogP contribution in [-0.4, -0.2) is 31.5 Å². The lowest BCUT2D eigenvalue weighted by atomic mass is 10.1. The van der Waals surface area contributed by atoms with Crippen LogP contribution in [0.3, 0.4) is 0 Å². The first-order valence-corrected chi connectivity index (χ1v) is 7.01. The maximum atomic E-state index is 12.1. The number of carbonyl (C=O) groups excluding carboxylic acids is 1. The first kappa shape index (κ1) is 13.6. The summed E-state index contributed by atoms with van der Waals surface area (Å²) in [5, 5.41) is 1.92. The molecular weight excluding hydrogens is 258 g/mol. The molecule has 1 aromatic carbocycles. The zero-order valence-corrected chi connectivity index (χ0v) is 11.9. The summed E-state index contributed by atoms with van der Waals surface area (Å²) < 4.78 is 5.31. The van der Waals surface area contributed by atoms with Gasteiger partial charge in [0.15, 0.2) is 0 Å². The molecule has 0 atom stereocenters. The summed E-state index contributed by atoms with van der Waals surface area (Å²) in [6, 6.07) is 11.7. The second-order valence-electron chi connectivity index (χ2n) is 4.27. The van der Waals surface area contributed by atoms with Crippen molar-refractivity contribution in [1.29, 1.82) is 0 Å². The van der Waals surface area contributed by atoms with E-state index in [1.54, 1.807) is 12.0 Å². The highest BCUT2D eigenvalue weighted by molar-refractivity contribution is 7.12. The van der Waals surface area contributed by atoms with E-state index >= 15 is 0 Å². The molecule has 1 aromatic heterocycles. The molecule has 0 aliphatic heterocycles. The van der Waals surface area contributed by atoms with Gasteiger partial charge in [-0.25, -0.2) is 0 Å². The fourth-order valence-corrected chi connectivity index (χ4v) is 2.61. The molecule has 0 unspecified atom stereocenters. The standard InChI is InChI=1S/C15H17NO2S/c1-16(15(17)14-8-5-11-19-14)10-9-12-6-3-4-7-13(12)18-2/h3-8,11H,9-10H2,1-2H3. The molecule has 4 heteroatoms. The minimum atomic E-state index is 0.0740. The minimum absolute atomic E-state index is 0.0740. The fraction of sp³-hybridized carbons (Fsp3) is 0.267. The zero-order chi connectivity index (χ0) is 13.7. The molecule has 0 aliphatic rings. The summed E-state index contributed by atoms with van der Waals surface area (Å²) in [4.78, 5) is 14.6. The van der Waals surface area contributed by atoms with Crippen LogP contribution in [0.25, 0.3) is 0 Å². The number of hydrogen-bond donors (Lipinski definition) is 0. The number of nitrogens with zero attached hydrogens (tertiary/aromatic N) is 1. The number of likely N-dealkylation sites (N-methyl/N-ethyl adjacent to an activating group) is 1. The van der Waals surface area contributed by atoms with E-state index in [1.165, 1.54) is 11.3 Å². The molecule has 1 amide bonds. The van der Waals surface area contributed by atoms with E-state index in [2.05, 4.69) is 0 Å². The predicted molar refractivity (Wildman–Crippen MR) is 78.0 cm³/mol. The van der Waals surface area contributed by atoms with E-state index in [0.717, 1.165) is 22.6 Å². The predicted octanol–water partition coefficient (Wildman–Crippen LogP) is 3.07. The van der Waals surface area contributed by atoms with Gasteiger partial charge in [-0.2, -0.15) is 0 Å². The van der Waals surface area contributed by atoms with Crippen molar-refractivity contribution >= 4 is 17.2 Å². The topological polar surface area (TPSA) is 29.5 Å². The summed E-state index contributed by atoms with van der Waals surface area (Å²) in [5.41, 5.74) is 1.12. The molecule has 100 valence electrons. The molecule has 3 nitrogen and oxygen atoms in total. The normalized spacial score (nSPS) is 10.2. The van der Waals surface area contributed by atoms with Crippen molar-refractivity contribution in [2.24, 2.45) is 0 Å². The van der Waals surface area contributed by atoms with Crippen LogP contribution in [0.5, 0.6) is 5.75 Å². The summed E-state index contributed by atoms with van der Waals surface area (Å²) in [6.45, 7) is 0.678. The van der Waals surface area contributed by atoms with E-state index in [4.69, 9.17) is 4.74 Å². The number of carbonyl (C=O) groups is 1. The van der Waals surface area contributed by atoms with Crippen molar-refractivity contribution in [3.8, 4) is 5.75 Å². The molecule has 0 N–H and O–H groups in total. The van der Waals surface area contributed by atoms with Crippen molar-refractivity contribution in [3.05, 3.63) is 52.2 Å². The molecule has 0 fully saturated rings. The molecule has 19 heavy (non-hydrogen) atoms. The quantitative estimate of drug-likeness (QED) is 0.839. The van der Waals surface area contributed by atoms with Crippen molar-refractivity contribution in [2.75, 3.05) is 20.7 Å². The largest absolute Gasteiger partial charge is 0.496 e. The Hall–Kier alpha value is -1.81. The Labute approximate surface area is 117 Å². The average molecular weight is 275 g/mol. The van der Waals surface area contributed by atoms with Crippen LogP contribution in [0.1, 0.15) is 15.2 Å². The molecule has 0 saturated heterocycles. The molecule has 2 rings (SSSR count). The van der Waals surface area contributed by atoms with Crippen LogP contribution >= 0.6 is 11.3 Å². The molecular formula is C15H17NO2S. The fourth-order valence-electron chi connectivity index (χ4n) is 1.89. The third kappa shape index (κ3) is 3.35. The van der Waals surface area contributed by atoms with Crippen molar-refractivity contribution < 1.29 is 9.53 Å². The Bertz CT molecular complexity index is 537. The lowest BCUT2D eigenvalue weighted by Crippen LogP contribution is -2.28. The molecule has 0 spiro atoms. The SMILES string of the molecule is COc1ccccc1CCN(C)C(=O)c1cccs1. The van der Waals surface area contributed by atoms with E-state index in [9.17, 15) is 4.79 Å². The highest BCUT2D eigenvalue weighted by atomic mass is 32.1. The summed E-state index contributed by atoms with van der Waals surface area (Å²) in [7, 11) is 3.50. The number of ether oxygens (including phenoxy) is 1. The van der Waals surface area contributed by atoms with Gasteiger partial charge in [0.25, 0.3) is 5.91 Å². The Morgan fingerprint density at radius 1 is 1.26 bits per heavy atom. The van der Waals surface area contributed by atoms with Crippen LogP contribution in [0, 0.1) is 0 Å². The van der Waals surface area contributed by atoms with Gasteiger partial charge in [-0.1, -0.05) is 24.3 Å². The van der Waals surface area contributed by atoms with Gasteiger partial charge >= 0.3 is 0 Å². The van der Waals surface area contributed by atoms with Crippen LogP contribution in [0.15, 0.2) is 41.8 Å². The maximum absolute atomic E-state index is 12.1. The van der Waals surface area contributed by atoms with E-state index in [1.807, 2.05) is 48.8 Å². The zero-order valence-electron chi connectivity index (χ0n) is 11.1. The Morgan fingerprint density at radius 2 is 2.05 bits per heavy atom. The number of para-hydroxylation sites is 1. The van der Waals surface area contributed by atoms with E-state index < -0.39 is 0 Å². The molecule has 0 saturated carbocycles. The van der Waals surface area contributed by atoms with Crippen molar-refractivity contribution in [2.45, 2.75) is 6.42 Å². The van der Waals surface area contributed by atoms with Gasteiger partial charge in [-0.3, -0.25) is 4.79 Å². The number of benzene rings is 1. The summed E-state index contributed by atoms with van der Waals surface area (Å²) in [6.07, 6.45) is 0.789. The highest BCUT2D eigenvalue weighted by Crippen LogP contribution is 2.18. The third-order valence-corrected chi connectivity index (χ3v) is 3.85. The van der Waals surface area contributed by atoms with Gasteiger partial charge in [0.2, 0.25) is 0 Å². The van der Waals surface area contributed by atoms with Crippen molar-refractivity contribution in [3.63, 3.8) is 0 Å². The maximum Gasteiger partial charge on any atom is 0.263 e. The average Bonchev–Trinajstić information content (AvgIpc) is 2.98. The third-order valence-electron chi connectivity index (χ3n) is 2.99. The Balaban J connectivity index is 1.97. The molecule has 2 aromatic rings. The number of rotatable bonds is 5. The number of methoxy groups -OCH3 is 1. The monoisotopic (exact) mass is 275 g/mol. The first-order valence-electron chi connectivity index (χ1n) is 6.13. The van der Waals surface area contributed by atoms with Crippen LogP contribution in [0.4, 0.5) is 0 Å². The van der Waals surface area contributed by atoms with E-state index in [-0.39, 0.29) is 5.91 Å². The van der Waals surface area contributed by atoms with Gasteiger partial charge in [0.05, 0.1) is 12.0 Å². The van der Waals surface area contributed by atoms with Gasteiger partial charge in [-0.05, 0) is 29.5 Å². The second-order valence-corrected chi connectivity index (χ2v) is 5.21. The number of thiophene rings is 1. The summed E-state index contributed by atoms with van der Waals surface area (Å²) >= 11 is 1.47. The second kappa shape index (κ2) is 6.38. The molecule has 0 radical (unpaired) electrons. The van der Waals surface area contributed by atoms with Crippen LogP contribution in [0.2, 0.25) is 0 Å². The number of amides is 1. The lowest BCUT2D eigenvalue weighted by Gasteiger charge is -2.17. The molecule has 0 bridgehead atoms. The van der Waals surface area contributed by atoms with E-state index in [0.29, 0.717) is 6.54 Å². The van der Waals surface area contributed by atoms with Crippen LogP contribution in [-0.2, 0) is 6.42 Å². The van der Waals surface area contributed by atoms with Gasteiger partial charge in [0.1, 0.15) is 5.75 Å². The Kier molecular flexibility index (Phi) is 4.58. The van der Waals surface area contributed by atoms with Gasteiger partial charge < -0.3 is 9.64 Å². The lowest BCUT2D eigenvalue weighted by molar-refractivity contribution is 0.0801. The van der Waals surface area contributed by atoms with Gasteiger partial charge in [-0.15, -0.1) is 11.3 Å². The minimum Gasteiger partial charge on any atom is -0.496 e. The highest BCUT2D eigenvalue weighted by Gasteiger charge is 2.12. The summed E-state index contributed by atoms with van der Waals surface area (Å²) in [5.74, 6) is 0.948. The number of hydrogen-bond acceptors (Lipinski definition) is 3. The van der Waals surface area contributed by atoms with Crippen LogP contribution < -0.4 is 4.74 Å². The molecule has 1 heterocycles. The van der Waals surface area contributed by atoms with Crippen molar-refractivity contribution in [1.82, 2.24) is 4.90 Å². The Morgan fingerprint density at radius 3 is 2.74 bits per heavy atom. The first-order chi connectivity index (χ1) is 9.22. The smallest absolute Gasteiger partial charge is 0.263 e. The van der Waals surface area contributed by atoms with Gasteiger partial charge in [0, 0.05) is 13.6 Å².